The van der Waals surface area contributed by atoms with Crippen LogP contribution in [0.2, 0.25) is 0 Å². The minimum absolute atomic E-state index is 0.0201. The molecule has 1 atom stereocenters. The van der Waals surface area contributed by atoms with Crippen molar-refractivity contribution in [2.45, 2.75) is 25.5 Å². The standard InChI is InChI=1S/C22H22F2N2O2/c23-17-8-6-15(7-9-17)16-10-13-26(14-11-16)12-2-5-20-25-22(27)21-18(24)3-1-4-19(21)28-20/h1,3-4,6-10,20H,2,5,11-14H2,(H,25,27). The Balaban J connectivity index is 1.26. The Kier molecular flexibility index (Phi) is 5.39. The highest BCUT2D eigenvalue weighted by molar-refractivity contribution is 5.98. The van der Waals surface area contributed by atoms with Crippen LogP contribution in [-0.4, -0.2) is 36.7 Å². The third kappa shape index (κ3) is 4.07. The van der Waals surface area contributed by atoms with Crippen molar-refractivity contribution in [2.24, 2.45) is 0 Å². The van der Waals surface area contributed by atoms with Crippen molar-refractivity contribution < 1.29 is 18.3 Å². The summed E-state index contributed by atoms with van der Waals surface area (Å²) >= 11 is 0. The fourth-order valence-electron chi connectivity index (χ4n) is 3.70. The molecule has 4 rings (SSSR count). The van der Waals surface area contributed by atoms with Gasteiger partial charge in [-0.05, 0) is 54.8 Å². The summed E-state index contributed by atoms with van der Waals surface area (Å²) in [7, 11) is 0. The van der Waals surface area contributed by atoms with Gasteiger partial charge in [-0.15, -0.1) is 0 Å². The SMILES string of the molecule is O=C1NC(CCCN2CC=C(c3ccc(F)cc3)CC2)Oc2cccc(F)c21. The summed E-state index contributed by atoms with van der Waals surface area (Å²) in [5.74, 6) is -0.900. The molecule has 1 amide bonds. The van der Waals surface area contributed by atoms with Crippen LogP contribution < -0.4 is 10.1 Å². The zero-order valence-electron chi connectivity index (χ0n) is 15.5. The first-order valence-electron chi connectivity index (χ1n) is 9.53. The number of benzene rings is 2. The van der Waals surface area contributed by atoms with Crippen molar-refractivity contribution >= 4 is 11.5 Å². The quantitative estimate of drug-likeness (QED) is 0.848. The summed E-state index contributed by atoms with van der Waals surface area (Å²) in [4.78, 5) is 14.4. The second-order valence-corrected chi connectivity index (χ2v) is 7.12. The Morgan fingerprint density at radius 2 is 1.96 bits per heavy atom. The van der Waals surface area contributed by atoms with E-state index in [2.05, 4.69) is 16.3 Å². The molecule has 0 radical (unpaired) electrons. The van der Waals surface area contributed by atoms with Crippen molar-refractivity contribution in [3.05, 3.63) is 71.3 Å². The lowest BCUT2D eigenvalue weighted by Gasteiger charge is -2.29. The van der Waals surface area contributed by atoms with Gasteiger partial charge in [-0.2, -0.15) is 0 Å². The molecule has 6 heteroatoms. The number of nitrogens with zero attached hydrogens (tertiary/aromatic N) is 1. The first-order valence-corrected chi connectivity index (χ1v) is 9.53. The normalized spacial score (nSPS) is 19.4. The maximum atomic E-state index is 13.7. The van der Waals surface area contributed by atoms with Gasteiger partial charge >= 0.3 is 0 Å². The lowest BCUT2D eigenvalue weighted by Crippen LogP contribution is -2.44. The second-order valence-electron chi connectivity index (χ2n) is 7.12. The maximum Gasteiger partial charge on any atom is 0.260 e. The van der Waals surface area contributed by atoms with Crippen molar-refractivity contribution in [1.82, 2.24) is 10.2 Å². The molecule has 2 aromatic rings. The fourth-order valence-corrected chi connectivity index (χ4v) is 3.70. The number of rotatable bonds is 5. The molecule has 2 heterocycles. The Labute approximate surface area is 162 Å². The van der Waals surface area contributed by atoms with Gasteiger partial charge in [0, 0.05) is 19.5 Å². The average molecular weight is 384 g/mol. The molecule has 28 heavy (non-hydrogen) atoms. The molecule has 0 bridgehead atoms. The second kappa shape index (κ2) is 8.10. The number of hydrogen-bond acceptors (Lipinski definition) is 3. The smallest absolute Gasteiger partial charge is 0.260 e. The molecule has 0 saturated heterocycles. The van der Waals surface area contributed by atoms with Gasteiger partial charge < -0.3 is 10.1 Å². The largest absolute Gasteiger partial charge is 0.470 e. The van der Waals surface area contributed by atoms with E-state index in [1.807, 2.05) is 12.1 Å². The van der Waals surface area contributed by atoms with Crippen molar-refractivity contribution in [1.29, 1.82) is 0 Å². The van der Waals surface area contributed by atoms with Gasteiger partial charge in [0.05, 0.1) is 0 Å². The van der Waals surface area contributed by atoms with Crippen LogP contribution in [0.3, 0.4) is 0 Å². The van der Waals surface area contributed by atoms with Crippen LogP contribution in [0.4, 0.5) is 8.78 Å². The molecular weight excluding hydrogens is 362 g/mol. The van der Waals surface area contributed by atoms with Crippen molar-refractivity contribution in [3.63, 3.8) is 0 Å². The van der Waals surface area contributed by atoms with E-state index in [1.165, 1.54) is 23.8 Å². The van der Waals surface area contributed by atoms with Gasteiger partial charge in [-0.3, -0.25) is 9.69 Å². The molecule has 0 spiro atoms. The highest BCUT2D eigenvalue weighted by Crippen LogP contribution is 2.27. The first kappa shape index (κ1) is 18.6. The highest BCUT2D eigenvalue weighted by atomic mass is 19.1. The van der Waals surface area contributed by atoms with E-state index in [0.717, 1.165) is 38.0 Å². The number of nitrogens with one attached hydrogen (secondary N) is 1. The molecule has 0 saturated carbocycles. The summed E-state index contributed by atoms with van der Waals surface area (Å²) in [6.07, 6.45) is 4.20. The van der Waals surface area contributed by atoms with Gasteiger partial charge in [0.1, 0.15) is 22.9 Å². The summed E-state index contributed by atoms with van der Waals surface area (Å²) < 4.78 is 32.5. The van der Waals surface area contributed by atoms with E-state index in [-0.39, 0.29) is 11.4 Å². The minimum atomic E-state index is -0.564. The zero-order chi connectivity index (χ0) is 19.5. The van der Waals surface area contributed by atoms with E-state index in [1.54, 1.807) is 12.1 Å². The molecule has 0 aromatic heterocycles. The molecule has 2 aliphatic rings. The summed E-state index contributed by atoms with van der Waals surface area (Å²) in [5.41, 5.74) is 2.30. The average Bonchev–Trinajstić information content (AvgIpc) is 2.69. The molecule has 1 unspecified atom stereocenters. The van der Waals surface area contributed by atoms with Crippen LogP contribution in [0.1, 0.15) is 35.2 Å². The van der Waals surface area contributed by atoms with Gasteiger partial charge in [-0.25, -0.2) is 8.78 Å². The lowest BCUT2D eigenvalue weighted by atomic mass is 9.99. The van der Waals surface area contributed by atoms with E-state index in [4.69, 9.17) is 4.74 Å². The van der Waals surface area contributed by atoms with Crippen molar-refractivity contribution in [2.75, 3.05) is 19.6 Å². The van der Waals surface area contributed by atoms with Crippen molar-refractivity contribution in [3.8, 4) is 5.75 Å². The van der Waals surface area contributed by atoms with E-state index in [9.17, 15) is 13.6 Å². The third-order valence-corrected chi connectivity index (χ3v) is 5.21. The summed E-state index contributed by atoms with van der Waals surface area (Å²) in [6, 6.07) is 11.0. The Morgan fingerprint density at radius 1 is 1.14 bits per heavy atom. The van der Waals surface area contributed by atoms with Crippen LogP contribution >= 0.6 is 0 Å². The number of carbonyl (C=O) groups excluding carboxylic acids is 1. The number of halogens is 2. The molecule has 0 fully saturated rings. The Morgan fingerprint density at radius 3 is 2.71 bits per heavy atom. The number of ether oxygens (including phenoxy) is 1. The molecule has 146 valence electrons. The van der Waals surface area contributed by atoms with E-state index >= 15 is 0 Å². The van der Waals surface area contributed by atoms with E-state index in [0.29, 0.717) is 12.2 Å². The summed E-state index contributed by atoms with van der Waals surface area (Å²) in [5, 5.41) is 2.72. The number of carbonyl (C=O) groups is 1. The number of amides is 1. The van der Waals surface area contributed by atoms with Gasteiger partial charge in [0.15, 0.2) is 6.23 Å². The van der Waals surface area contributed by atoms with Gasteiger partial charge in [-0.1, -0.05) is 24.3 Å². The molecule has 2 aromatic carbocycles. The molecule has 2 aliphatic heterocycles. The topological polar surface area (TPSA) is 41.6 Å². The van der Waals surface area contributed by atoms with E-state index < -0.39 is 18.0 Å². The van der Waals surface area contributed by atoms with Crippen LogP contribution in [0.15, 0.2) is 48.5 Å². The molecule has 1 N–H and O–H groups in total. The summed E-state index contributed by atoms with van der Waals surface area (Å²) in [6.45, 7) is 2.67. The van der Waals surface area contributed by atoms with Crippen LogP contribution in [-0.2, 0) is 0 Å². The Hall–Kier alpha value is -2.73. The third-order valence-electron chi connectivity index (χ3n) is 5.21. The maximum absolute atomic E-state index is 13.7. The molecular formula is C22H22F2N2O2. The first-order chi connectivity index (χ1) is 13.6. The lowest BCUT2D eigenvalue weighted by molar-refractivity contribution is 0.0720. The number of hydrogen-bond donors (Lipinski definition) is 1. The van der Waals surface area contributed by atoms with Crippen LogP contribution in [0, 0.1) is 11.6 Å². The minimum Gasteiger partial charge on any atom is -0.470 e. The predicted molar refractivity (Wildman–Crippen MR) is 103 cm³/mol. The monoisotopic (exact) mass is 384 g/mol. The number of fused-ring (bicyclic) bond motifs is 1. The van der Waals surface area contributed by atoms with Gasteiger partial charge in [0.25, 0.3) is 5.91 Å². The Bertz CT molecular complexity index is 896. The molecule has 4 nitrogen and oxygen atoms in total. The van der Waals surface area contributed by atoms with Crippen LogP contribution in [0.25, 0.3) is 5.57 Å². The van der Waals surface area contributed by atoms with Crippen LogP contribution in [0.5, 0.6) is 5.75 Å². The molecule has 0 aliphatic carbocycles. The fraction of sp³-hybridized carbons (Fsp3) is 0.318. The predicted octanol–water partition coefficient (Wildman–Crippen LogP) is 3.98. The highest BCUT2D eigenvalue weighted by Gasteiger charge is 2.28. The zero-order valence-corrected chi connectivity index (χ0v) is 15.5. The van der Waals surface area contributed by atoms with Gasteiger partial charge in [0.2, 0.25) is 0 Å².